The normalized spacial score (nSPS) is 17.9. The molecule has 1 N–H and O–H groups in total. The molecule has 166 valence electrons. The van der Waals surface area contributed by atoms with Crippen LogP contribution in [0.3, 0.4) is 0 Å². The largest absolute Gasteiger partial charge is 0.355 e. The van der Waals surface area contributed by atoms with Crippen LogP contribution >= 0.6 is 0 Å². The zero-order chi connectivity index (χ0) is 22.1. The van der Waals surface area contributed by atoms with E-state index in [-0.39, 0.29) is 11.8 Å². The molecule has 0 spiro atoms. The number of carbonyl (C=O) groups excluding carboxylic acids is 1. The lowest BCUT2D eigenvalue weighted by Gasteiger charge is -2.34. The number of hydrogen-bond donors (Lipinski definition) is 1. The summed E-state index contributed by atoms with van der Waals surface area (Å²) < 4.78 is 1.84. The molecule has 7 nitrogen and oxygen atoms in total. The summed E-state index contributed by atoms with van der Waals surface area (Å²) in [6.07, 6.45) is 5.04. The van der Waals surface area contributed by atoms with Crippen LogP contribution in [0.5, 0.6) is 0 Å². The molecule has 7 heteroatoms. The van der Waals surface area contributed by atoms with Gasteiger partial charge in [0.1, 0.15) is 5.82 Å². The van der Waals surface area contributed by atoms with Crippen LogP contribution < -0.4 is 10.2 Å². The number of benzene rings is 1. The van der Waals surface area contributed by atoms with E-state index in [1.807, 2.05) is 42.9 Å². The van der Waals surface area contributed by atoms with E-state index in [9.17, 15) is 4.79 Å². The molecular formula is C25H30N6O. The van der Waals surface area contributed by atoms with E-state index >= 15 is 0 Å². The molecule has 2 aromatic heterocycles. The van der Waals surface area contributed by atoms with Crippen molar-refractivity contribution in [2.75, 3.05) is 18.0 Å². The van der Waals surface area contributed by atoms with Crippen LogP contribution in [-0.2, 0) is 31.2 Å². The summed E-state index contributed by atoms with van der Waals surface area (Å²) in [6.45, 7) is 4.12. The SMILES string of the molecule is Cc1cc(CNC(=O)[C@@H]2CCCN(c3nc(-c4ccccc4)nc4c3CCC4)C2)nn1C. The summed E-state index contributed by atoms with van der Waals surface area (Å²) in [4.78, 5) is 25.2. The van der Waals surface area contributed by atoms with Gasteiger partial charge in [0.05, 0.1) is 18.2 Å². The minimum atomic E-state index is -0.0410. The van der Waals surface area contributed by atoms with Gasteiger partial charge in [-0.2, -0.15) is 5.10 Å². The van der Waals surface area contributed by atoms with Crippen LogP contribution in [0.15, 0.2) is 36.4 Å². The van der Waals surface area contributed by atoms with E-state index in [4.69, 9.17) is 9.97 Å². The van der Waals surface area contributed by atoms with Gasteiger partial charge < -0.3 is 10.2 Å². The van der Waals surface area contributed by atoms with E-state index in [1.165, 1.54) is 11.3 Å². The summed E-state index contributed by atoms with van der Waals surface area (Å²) in [7, 11) is 1.92. The van der Waals surface area contributed by atoms with Gasteiger partial charge in [0.2, 0.25) is 5.91 Å². The topological polar surface area (TPSA) is 75.9 Å². The Balaban J connectivity index is 1.34. The van der Waals surface area contributed by atoms with Crippen molar-refractivity contribution in [1.82, 2.24) is 25.1 Å². The highest BCUT2D eigenvalue weighted by molar-refractivity contribution is 5.79. The van der Waals surface area contributed by atoms with Crippen LogP contribution in [0.4, 0.5) is 5.82 Å². The Morgan fingerprint density at radius 1 is 1.16 bits per heavy atom. The van der Waals surface area contributed by atoms with Crippen LogP contribution in [0.1, 0.15) is 41.9 Å². The maximum Gasteiger partial charge on any atom is 0.225 e. The number of aryl methyl sites for hydroxylation is 3. The van der Waals surface area contributed by atoms with Crippen molar-refractivity contribution in [2.24, 2.45) is 13.0 Å². The van der Waals surface area contributed by atoms with Gasteiger partial charge in [-0.05, 0) is 45.1 Å². The molecule has 0 bridgehead atoms. The van der Waals surface area contributed by atoms with Crippen molar-refractivity contribution in [3.05, 3.63) is 59.0 Å². The molecule has 3 aromatic rings. The molecule has 0 unspecified atom stereocenters. The molecule has 5 rings (SSSR count). The monoisotopic (exact) mass is 430 g/mol. The Morgan fingerprint density at radius 2 is 2.00 bits per heavy atom. The number of amides is 1. The Labute approximate surface area is 188 Å². The minimum Gasteiger partial charge on any atom is -0.355 e. The smallest absolute Gasteiger partial charge is 0.225 e. The van der Waals surface area contributed by atoms with E-state index in [1.54, 1.807) is 0 Å². The van der Waals surface area contributed by atoms with Gasteiger partial charge >= 0.3 is 0 Å². The van der Waals surface area contributed by atoms with Gasteiger partial charge in [0, 0.05) is 42.7 Å². The van der Waals surface area contributed by atoms with E-state index in [0.717, 1.165) is 67.2 Å². The van der Waals surface area contributed by atoms with Crippen molar-refractivity contribution in [1.29, 1.82) is 0 Å². The summed E-state index contributed by atoms with van der Waals surface area (Å²) in [5.41, 5.74) is 5.47. The Kier molecular flexibility index (Phi) is 5.64. The first kappa shape index (κ1) is 20.7. The zero-order valence-corrected chi connectivity index (χ0v) is 18.8. The highest BCUT2D eigenvalue weighted by Gasteiger charge is 2.30. The molecule has 0 saturated carbocycles. The van der Waals surface area contributed by atoms with Gasteiger partial charge in [-0.1, -0.05) is 30.3 Å². The van der Waals surface area contributed by atoms with E-state index in [2.05, 4.69) is 27.4 Å². The molecule has 1 aliphatic carbocycles. The first-order valence-electron chi connectivity index (χ1n) is 11.6. The Bertz CT molecular complexity index is 1100. The molecule has 1 saturated heterocycles. The second-order valence-corrected chi connectivity index (χ2v) is 8.92. The summed E-state index contributed by atoms with van der Waals surface area (Å²) in [5.74, 6) is 1.88. The third-order valence-corrected chi connectivity index (χ3v) is 6.64. The lowest BCUT2D eigenvalue weighted by Crippen LogP contribution is -2.43. The fraction of sp³-hybridized carbons (Fsp3) is 0.440. The summed E-state index contributed by atoms with van der Waals surface area (Å²) >= 11 is 0. The lowest BCUT2D eigenvalue weighted by atomic mass is 9.96. The van der Waals surface area contributed by atoms with Crippen molar-refractivity contribution >= 4 is 11.7 Å². The van der Waals surface area contributed by atoms with Crippen molar-refractivity contribution < 1.29 is 4.79 Å². The molecule has 0 radical (unpaired) electrons. The van der Waals surface area contributed by atoms with Gasteiger partial charge in [-0.15, -0.1) is 0 Å². The Hall–Kier alpha value is -3.22. The van der Waals surface area contributed by atoms with Gasteiger partial charge in [0.25, 0.3) is 0 Å². The third-order valence-electron chi connectivity index (χ3n) is 6.64. The van der Waals surface area contributed by atoms with Crippen LogP contribution in [0.2, 0.25) is 0 Å². The minimum absolute atomic E-state index is 0.0410. The lowest BCUT2D eigenvalue weighted by molar-refractivity contribution is -0.125. The predicted octanol–water partition coefficient (Wildman–Crippen LogP) is 3.21. The maximum absolute atomic E-state index is 13.0. The number of nitrogens with one attached hydrogen (secondary N) is 1. The molecule has 1 aliphatic heterocycles. The number of piperidine rings is 1. The number of hydrogen-bond acceptors (Lipinski definition) is 5. The maximum atomic E-state index is 13.0. The highest BCUT2D eigenvalue weighted by atomic mass is 16.1. The zero-order valence-electron chi connectivity index (χ0n) is 18.8. The number of aromatic nitrogens is 4. The van der Waals surface area contributed by atoms with E-state index in [0.29, 0.717) is 13.1 Å². The molecule has 1 amide bonds. The number of carbonyl (C=O) groups is 1. The number of rotatable bonds is 5. The molecule has 1 fully saturated rings. The first-order chi connectivity index (χ1) is 15.6. The standard InChI is InChI=1S/C25H30N6O/c1-17-14-20(29-30(17)2)15-26-25(32)19-10-7-13-31(16-19)24-21-11-6-12-22(21)27-23(28-24)18-8-4-3-5-9-18/h3-5,8-9,14,19H,6-7,10-13,15-16H2,1-2H3,(H,26,32)/t19-/m1/s1. The van der Waals surface area contributed by atoms with Crippen molar-refractivity contribution in [2.45, 2.75) is 45.6 Å². The molecule has 1 atom stereocenters. The van der Waals surface area contributed by atoms with Gasteiger partial charge in [0.15, 0.2) is 5.82 Å². The highest BCUT2D eigenvalue weighted by Crippen LogP contribution is 2.33. The molecule has 3 heterocycles. The molecule has 32 heavy (non-hydrogen) atoms. The fourth-order valence-corrected chi connectivity index (χ4v) is 4.82. The number of fused-ring (bicyclic) bond motifs is 1. The molecule has 2 aliphatic rings. The number of nitrogens with zero attached hydrogens (tertiary/aromatic N) is 5. The molecular weight excluding hydrogens is 400 g/mol. The van der Waals surface area contributed by atoms with E-state index < -0.39 is 0 Å². The van der Waals surface area contributed by atoms with Crippen LogP contribution in [0, 0.1) is 12.8 Å². The average Bonchev–Trinajstić information content (AvgIpc) is 3.43. The summed E-state index contributed by atoms with van der Waals surface area (Å²) in [6, 6.07) is 12.2. The van der Waals surface area contributed by atoms with Crippen LogP contribution in [0.25, 0.3) is 11.4 Å². The second-order valence-electron chi connectivity index (χ2n) is 8.92. The number of anilines is 1. The van der Waals surface area contributed by atoms with Crippen molar-refractivity contribution in [3.63, 3.8) is 0 Å². The van der Waals surface area contributed by atoms with Gasteiger partial charge in [-0.3, -0.25) is 9.48 Å². The van der Waals surface area contributed by atoms with Crippen LogP contribution in [-0.4, -0.2) is 38.7 Å². The first-order valence-corrected chi connectivity index (χ1v) is 11.6. The second kappa shape index (κ2) is 8.73. The fourth-order valence-electron chi connectivity index (χ4n) is 4.82. The van der Waals surface area contributed by atoms with Gasteiger partial charge in [-0.25, -0.2) is 9.97 Å². The summed E-state index contributed by atoms with van der Waals surface area (Å²) in [5, 5.41) is 7.54. The third kappa shape index (κ3) is 4.11. The molecule has 1 aromatic carbocycles. The quantitative estimate of drug-likeness (QED) is 0.673. The average molecular weight is 431 g/mol. The predicted molar refractivity (Wildman–Crippen MR) is 124 cm³/mol. The van der Waals surface area contributed by atoms with Crippen molar-refractivity contribution in [3.8, 4) is 11.4 Å². The Morgan fingerprint density at radius 3 is 2.78 bits per heavy atom.